The van der Waals surface area contributed by atoms with E-state index >= 15 is 0 Å². The van der Waals surface area contributed by atoms with Gasteiger partial charge in [-0.25, -0.2) is 8.42 Å². The van der Waals surface area contributed by atoms with Crippen molar-refractivity contribution >= 4 is 16.0 Å². The third-order valence-electron chi connectivity index (χ3n) is 4.28. The lowest BCUT2D eigenvalue weighted by atomic mass is 10.1. The van der Waals surface area contributed by atoms with E-state index in [1.54, 1.807) is 25.1 Å². The Kier molecular flexibility index (Phi) is 4.59. The Morgan fingerprint density at radius 1 is 1.39 bits per heavy atom. The number of ether oxygens (including phenoxy) is 2. The van der Waals surface area contributed by atoms with Crippen LogP contribution >= 0.6 is 0 Å². The van der Waals surface area contributed by atoms with Crippen molar-refractivity contribution in [2.75, 3.05) is 19.8 Å². The van der Waals surface area contributed by atoms with E-state index in [1.165, 1.54) is 4.31 Å². The van der Waals surface area contributed by atoms with Gasteiger partial charge in [0, 0.05) is 13.0 Å². The van der Waals surface area contributed by atoms with Crippen LogP contribution in [0.2, 0.25) is 0 Å². The molecule has 0 unspecified atom stereocenters. The smallest absolute Gasteiger partial charge is 0.324 e. The number of hydrogen-bond donors (Lipinski definition) is 0. The highest BCUT2D eigenvalue weighted by Crippen LogP contribution is 2.31. The van der Waals surface area contributed by atoms with Crippen molar-refractivity contribution in [1.82, 2.24) is 4.31 Å². The number of carbonyl (C=O) groups excluding carboxylic acids is 1. The van der Waals surface area contributed by atoms with E-state index < -0.39 is 22.0 Å². The number of nitrogens with zero attached hydrogens (tertiary/aromatic N) is 1. The molecule has 0 bridgehead atoms. The third-order valence-corrected chi connectivity index (χ3v) is 6.18. The summed E-state index contributed by atoms with van der Waals surface area (Å²) in [5.74, 6) is 0.282. The van der Waals surface area contributed by atoms with Crippen LogP contribution < -0.4 is 4.74 Å². The molecule has 6 nitrogen and oxygen atoms in total. The summed E-state index contributed by atoms with van der Waals surface area (Å²) < 4.78 is 37.7. The Bertz CT molecular complexity index is 700. The first-order chi connectivity index (χ1) is 11.0. The van der Waals surface area contributed by atoms with E-state index in [0.717, 1.165) is 24.2 Å². The Hall–Kier alpha value is -1.60. The summed E-state index contributed by atoms with van der Waals surface area (Å²) in [6.45, 7) is 2.90. The Balaban J connectivity index is 1.92. The van der Waals surface area contributed by atoms with Crippen LogP contribution in [0, 0.1) is 0 Å². The van der Waals surface area contributed by atoms with Gasteiger partial charge in [-0.1, -0.05) is 0 Å². The van der Waals surface area contributed by atoms with Crippen LogP contribution in [-0.4, -0.2) is 44.5 Å². The average molecular weight is 339 g/mol. The molecular weight excluding hydrogens is 318 g/mol. The fraction of sp³-hybridized carbons (Fsp3) is 0.562. The van der Waals surface area contributed by atoms with Crippen molar-refractivity contribution in [1.29, 1.82) is 0 Å². The molecule has 0 spiro atoms. The molecule has 1 fully saturated rings. The van der Waals surface area contributed by atoms with Crippen LogP contribution in [0.1, 0.15) is 31.7 Å². The number of esters is 1. The lowest BCUT2D eigenvalue weighted by molar-refractivity contribution is -0.148. The van der Waals surface area contributed by atoms with Crippen molar-refractivity contribution in [3.8, 4) is 5.75 Å². The number of benzene rings is 1. The van der Waals surface area contributed by atoms with Gasteiger partial charge in [-0.05, 0) is 49.9 Å². The van der Waals surface area contributed by atoms with Gasteiger partial charge in [-0.3, -0.25) is 4.79 Å². The highest BCUT2D eigenvalue weighted by atomic mass is 32.2. The van der Waals surface area contributed by atoms with E-state index in [0.29, 0.717) is 26.0 Å². The molecule has 2 aliphatic rings. The zero-order chi connectivity index (χ0) is 16.4. The number of fused-ring (bicyclic) bond motifs is 1. The largest absolute Gasteiger partial charge is 0.493 e. The number of piperidine rings is 1. The molecule has 0 aromatic heterocycles. The van der Waals surface area contributed by atoms with Gasteiger partial charge >= 0.3 is 5.97 Å². The third kappa shape index (κ3) is 3.07. The van der Waals surface area contributed by atoms with Crippen molar-refractivity contribution in [2.45, 2.75) is 43.5 Å². The Morgan fingerprint density at radius 3 is 3.00 bits per heavy atom. The van der Waals surface area contributed by atoms with Crippen LogP contribution in [0.25, 0.3) is 0 Å². The second kappa shape index (κ2) is 6.49. The van der Waals surface area contributed by atoms with Gasteiger partial charge in [-0.15, -0.1) is 0 Å². The van der Waals surface area contributed by atoms with Gasteiger partial charge in [0.15, 0.2) is 0 Å². The van der Waals surface area contributed by atoms with E-state index in [2.05, 4.69) is 0 Å². The highest BCUT2D eigenvalue weighted by Gasteiger charge is 2.38. The molecule has 0 aliphatic carbocycles. The van der Waals surface area contributed by atoms with Crippen LogP contribution in [0.4, 0.5) is 0 Å². The maximum absolute atomic E-state index is 13.0. The number of sulfonamides is 1. The van der Waals surface area contributed by atoms with Crippen molar-refractivity contribution < 1.29 is 22.7 Å². The fourth-order valence-electron chi connectivity index (χ4n) is 3.13. The van der Waals surface area contributed by atoms with Gasteiger partial charge < -0.3 is 9.47 Å². The van der Waals surface area contributed by atoms with Gasteiger partial charge in [0.25, 0.3) is 0 Å². The van der Waals surface area contributed by atoms with Crippen LogP contribution in [0.3, 0.4) is 0 Å². The Morgan fingerprint density at radius 2 is 2.22 bits per heavy atom. The fourth-order valence-corrected chi connectivity index (χ4v) is 4.82. The van der Waals surface area contributed by atoms with Crippen molar-refractivity contribution in [2.24, 2.45) is 0 Å². The summed E-state index contributed by atoms with van der Waals surface area (Å²) in [4.78, 5) is 12.3. The van der Waals surface area contributed by atoms with Gasteiger partial charge in [0.2, 0.25) is 10.0 Å². The number of hydrogen-bond acceptors (Lipinski definition) is 5. The molecule has 1 atom stereocenters. The molecule has 23 heavy (non-hydrogen) atoms. The summed E-state index contributed by atoms with van der Waals surface area (Å²) in [6.07, 6.45) is 2.79. The van der Waals surface area contributed by atoms with E-state index in [4.69, 9.17) is 9.47 Å². The summed E-state index contributed by atoms with van der Waals surface area (Å²) in [5.41, 5.74) is 0.899. The second-order valence-corrected chi connectivity index (χ2v) is 7.64. The van der Waals surface area contributed by atoms with Crippen LogP contribution in [-0.2, 0) is 26.0 Å². The van der Waals surface area contributed by atoms with E-state index in [-0.39, 0.29) is 11.5 Å². The lowest BCUT2D eigenvalue weighted by Gasteiger charge is -2.33. The molecule has 2 heterocycles. The maximum atomic E-state index is 13.0. The summed E-state index contributed by atoms with van der Waals surface area (Å²) >= 11 is 0. The number of carbonyl (C=O) groups is 1. The molecule has 1 saturated heterocycles. The van der Waals surface area contributed by atoms with E-state index in [9.17, 15) is 13.2 Å². The van der Waals surface area contributed by atoms with Gasteiger partial charge in [0.1, 0.15) is 11.8 Å². The molecule has 0 amide bonds. The zero-order valence-corrected chi connectivity index (χ0v) is 14.0. The topological polar surface area (TPSA) is 72.9 Å². The first-order valence-electron chi connectivity index (χ1n) is 7.98. The minimum absolute atomic E-state index is 0.220. The second-order valence-electron chi connectivity index (χ2n) is 5.75. The molecule has 7 heteroatoms. The molecule has 2 aliphatic heterocycles. The molecule has 126 valence electrons. The lowest BCUT2D eigenvalue weighted by Crippen LogP contribution is -2.48. The SMILES string of the molecule is CCOC(=O)[C@H]1CCCCN1S(=O)(=O)c1ccc2c(c1)CCO2. The summed E-state index contributed by atoms with van der Waals surface area (Å²) in [6, 6.07) is 4.18. The molecule has 1 aromatic carbocycles. The molecular formula is C16H21NO5S. The first kappa shape index (κ1) is 16.3. The molecule has 3 rings (SSSR count). The minimum Gasteiger partial charge on any atom is -0.493 e. The van der Waals surface area contributed by atoms with Crippen molar-refractivity contribution in [3.05, 3.63) is 23.8 Å². The molecule has 1 aromatic rings. The van der Waals surface area contributed by atoms with Crippen molar-refractivity contribution in [3.63, 3.8) is 0 Å². The van der Waals surface area contributed by atoms with Crippen LogP contribution in [0.15, 0.2) is 23.1 Å². The monoisotopic (exact) mass is 339 g/mol. The highest BCUT2D eigenvalue weighted by molar-refractivity contribution is 7.89. The first-order valence-corrected chi connectivity index (χ1v) is 9.42. The van der Waals surface area contributed by atoms with E-state index in [1.807, 2.05) is 0 Å². The predicted octanol–water partition coefficient (Wildman–Crippen LogP) is 1.73. The van der Waals surface area contributed by atoms with Crippen LogP contribution in [0.5, 0.6) is 5.75 Å². The predicted molar refractivity (Wildman–Crippen MR) is 83.8 cm³/mol. The Labute approximate surface area is 136 Å². The average Bonchev–Trinajstić information content (AvgIpc) is 3.02. The zero-order valence-electron chi connectivity index (χ0n) is 13.2. The van der Waals surface area contributed by atoms with Gasteiger partial charge in [-0.2, -0.15) is 4.31 Å². The van der Waals surface area contributed by atoms with Gasteiger partial charge in [0.05, 0.1) is 18.1 Å². The maximum Gasteiger partial charge on any atom is 0.324 e. The molecule has 0 saturated carbocycles. The molecule has 0 N–H and O–H groups in total. The summed E-state index contributed by atoms with van der Waals surface area (Å²) in [7, 11) is -3.72. The normalized spacial score (nSPS) is 21.5. The standard InChI is InChI=1S/C16H21NO5S/c1-2-21-16(18)14-5-3-4-9-17(14)23(19,20)13-6-7-15-12(11-13)8-10-22-15/h6-7,11,14H,2-5,8-10H2,1H3/t14-/m1/s1. The minimum atomic E-state index is -3.72. The quantitative estimate of drug-likeness (QED) is 0.781. The summed E-state index contributed by atoms with van der Waals surface area (Å²) in [5, 5.41) is 0. The number of rotatable bonds is 4. The molecule has 0 radical (unpaired) electrons.